The van der Waals surface area contributed by atoms with Crippen LogP contribution in [0.1, 0.15) is 37.3 Å². The number of nitrogens with one attached hydrogen (secondary N) is 1. The van der Waals surface area contributed by atoms with Gasteiger partial charge < -0.3 is 5.32 Å². The number of aryl methyl sites for hydroxylation is 1. The van der Waals surface area contributed by atoms with Crippen LogP contribution in [0.15, 0.2) is 42.5 Å². The quantitative estimate of drug-likeness (QED) is 0.918. The molecule has 0 unspecified atom stereocenters. The van der Waals surface area contributed by atoms with E-state index in [9.17, 15) is 14.0 Å². The number of nitrogens with zero attached hydrogens (tertiary/aromatic N) is 1. The Hall–Kier alpha value is -2.69. The molecule has 1 aliphatic rings. The Morgan fingerprint density at radius 2 is 1.88 bits per heavy atom. The van der Waals surface area contributed by atoms with Crippen LogP contribution in [0.3, 0.4) is 0 Å². The van der Waals surface area contributed by atoms with Gasteiger partial charge in [-0.2, -0.15) is 0 Å². The van der Waals surface area contributed by atoms with Crippen LogP contribution in [-0.2, 0) is 16.0 Å². The molecule has 25 heavy (non-hydrogen) atoms. The topological polar surface area (TPSA) is 49.4 Å². The minimum absolute atomic E-state index is 0.196. The molecule has 0 radical (unpaired) electrons. The molecule has 0 spiro atoms. The smallest absolute Gasteiger partial charge is 0.244 e. The van der Waals surface area contributed by atoms with Crippen LogP contribution < -0.4 is 10.2 Å². The Bertz CT molecular complexity index is 800. The monoisotopic (exact) mass is 340 g/mol. The third kappa shape index (κ3) is 3.71. The second-order valence-electron chi connectivity index (χ2n) is 6.55. The molecule has 2 amide bonds. The predicted molar refractivity (Wildman–Crippen MR) is 96.2 cm³/mol. The van der Waals surface area contributed by atoms with Crippen molar-refractivity contribution in [2.45, 2.75) is 32.6 Å². The molecule has 0 atom stereocenters. The van der Waals surface area contributed by atoms with Crippen LogP contribution in [0.2, 0.25) is 0 Å². The largest absolute Gasteiger partial charge is 0.325 e. The molecule has 5 heteroatoms. The van der Waals surface area contributed by atoms with Crippen LogP contribution in [0.5, 0.6) is 0 Å². The van der Waals surface area contributed by atoms with E-state index in [0.29, 0.717) is 18.0 Å². The van der Waals surface area contributed by atoms with E-state index in [0.717, 1.165) is 5.56 Å². The zero-order valence-electron chi connectivity index (χ0n) is 14.4. The molecule has 0 aromatic heterocycles. The molecule has 1 heterocycles. The van der Waals surface area contributed by atoms with Gasteiger partial charge in [0.05, 0.1) is 5.69 Å². The fourth-order valence-electron chi connectivity index (χ4n) is 3.03. The molecule has 1 aliphatic heterocycles. The van der Waals surface area contributed by atoms with Crippen LogP contribution >= 0.6 is 0 Å². The summed E-state index contributed by atoms with van der Waals surface area (Å²) in [6.45, 7) is 4.00. The summed E-state index contributed by atoms with van der Waals surface area (Å²) in [6.07, 6.45) is 0.785. The van der Waals surface area contributed by atoms with Crippen molar-refractivity contribution in [3.8, 4) is 0 Å². The van der Waals surface area contributed by atoms with Gasteiger partial charge in [-0.25, -0.2) is 4.39 Å². The Morgan fingerprint density at radius 1 is 1.16 bits per heavy atom. The van der Waals surface area contributed by atoms with Gasteiger partial charge in [-0.3, -0.25) is 14.5 Å². The SMILES string of the molecule is CC(C)c1ccc(NC(=O)CN2C(=O)CCc3cccc(F)c32)cc1. The third-order valence-corrected chi connectivity index (χ3v) is 4.41. The number of carbonyl (C=O) groups excluding carboxylic acids is 2. The summed E-state index contributed by atoms with van der Waals surface area (Å²) >= 11 is 0. The highest BCUT2D eigenvalue weighted by atomic mass is 19.1. The number of amides is 2. The van der Waals surface area contributed by atoms with Crippen LogP contribution in [0.4, 0.5) is 15.8 Å². The first-order valence-corrected chi connectivity index (χ1v) is 8.43. The van der Waals surface area contributed by atoms with Gasteiger partial charge in [-0.1, -0.05) is 38.1 Å². The first kappa shape index (κ1) is 17.1. The molecule has 3 rings (SSSR count). The van der Waals surface area contributed by atoms with E-state index in [1.165, 1.54) is 16.5 Å². The summed E-state index contributed by atoms with van der Waals surface area (Å²) in [5.41, 5.74) is 2.82. The highest BCUT2D eigenvalue weighted by Gasteiger charge is 2.28. The number of carbonyl (C=O) groups is 2. The second-order valence-corrected chi connectivity index (χ2v) is 6.55. The van der Waals surface area contributed by atoms with Gasteiger partial charge >= 0.3 is 0 Å². The first-order valence-electron chi connectivity index (χ1n) is 8.43. The van der Waals surface area contributed by atoms with Gasteiger partial charge in [-0.05, 0) is 41.7 Å². The van der Waals surface area contributed by atoms with E-state index in [1.54, 1.807) is 12.1 Å². The Morgan fingerprint density at radius 3 is 2.56 bits per heavy atom. The number of halogens is 1. The molecular weight excluding hydrogens is 319 g/mol. The van der Waals surface area contributed by atoms with Crippen molar-refractivity contribution in [1.82, 2.24) is 0 Å². The first-order chi connectivity index (χ1) is 12.0. The van der Waals surface area contributed by atoms with Gasteiger partial charge in [0.1, 0.15) is 12.4 Å². The standard InChI is InChI=1S/C20H21FN2O2/c1-13(2)14-6-9-16(10-7-14)22-18(24)12-23-19(25)11-8-15-4-3-5-17(21)20(15)23/h3-7,9-10,13H,8,11-12H2,1-2H3,(H,22,24). The summed E-state index contributed by atoms with van der Waals surface area (Å²) in [5.74, 6) is -0.639. The Labute approximate surface area is 146 Å². The van der Waals surface area contributed by atoms with E-state index in [-0.39, 0.29) is 30.5 Å². The highest BCUT2D eigenvalue weighted by molar-refractivity contribution is 6.04. The van der Waals surface area contributed by atoms with Crippen LogP contribution in [-0.4, -0.2) is 18.4 Å². The molecule has 0 saturated heterocycles. The molecule has 0 fully saturated rings. The van der Waals surface area contributed by atoms with Crippen molar-refractivity contribution in [1.29, 1.82) is 0 Å². The van der Waals surface area contributed by atoms with Gasteiger partial charge in [0.25, 0.3) is 0 Å². The third-order valence-electron chi connectivity index (χ3n) is 4.41. The van der Waals surface area contributed by atoms with Crippen molar-refractivity contribution in [2.75, 3.05) is 16.8 Å². The predicted octanol–water partition coefficient (Wildman–Crippen LogP) is 3.87. The summed E-state index contributed by atoms with van der Waals surface area (Å²) in [5, 5.41) is 2.77. The summed E-state index contributed by atoms with van der Waals surface area (Å²) in [6, 6.07) is 12.3. The van der Waals surface area contributed by atoms with Gasteiger partial charge in [0.15, 0.2) is 0 Å². The summed E-state index contributed by atoms with van der Waals surface area (Å²) in [4.78, 5) is 25.8. The Kier molecular flexibility index (Phi) is 4.83. The molecular formula is C20H21FN2O2. The van der Waals surface area contributed by atoms with Crippen molar-refractivity contribution < 1.29 is 14.0 Å². The number of hydrogen-bond acceptors (Lipinski definition) is 2. The minimum atomic E-state index is -0.473. The van der Waals surface area contributed by atoms with E-state index in [1.807, 2.05) is 24.3 Å². The highest BCUT2D eigenvalue weighted by Crippen LogP contribution is 2.30. The number of rotatable bonds is 4. The fourth-order valence-corrected chi connectivity index (χ4v) is 3.03. The minimum Gasteiger partial charge on any atom is -0.325 e. The van der Waals surface area contributed by atoms with E-state index in [2.05, 4.69) is 19.2 Å². The lowest BCUT2D eigenvalue weighted by Gasteiger charge is -2.29. The maximum Gasteiger partial charge on any atom is 0.244 e. The number of benzene rings is 2. The van der Waals surface area contributed by atoms with Crippen molar-refractivity contribution in [3.63, 3.8) is 0 Å². The molecule has 0 saturated carbocycles. The molecule has 0 bridgehead atoms. The fraction of sp³-hybridized carbons (Fsp3) is 0.300. The molecule has 2 aromatic rings. The number of anilines is 2. The second kappa shape index (κ2) is 7.05. The molecule has 130 valence electrons. The zero-order valence-corrected chi connectivity index (χ0v) is 14.4. The molecule has 1 N–H and O–H groups in total. The van der Waals surface area contributed by atoms with E-state index < -0.39 is 5.82 Å². The van der Waals surface area contributed by atoms with Crippen molar-refractivity contribution >= 4 is 23.2 Å². The Balaban J connectivity index is 1.74. The lowest BCUT2D eigenvalue weighted by atomic mass is 10.0. The lowest BCUT2D eigenvalue weighted by molar-refractivity contribution is -0.121. The zero-order chi connectivity index (χ0) is 18.0. The molecule has 4 nitrogen and oxygen atoms in total. The van der Waals surface area contributed by atoms with Gasteiger partial charge in [0, 0.05) is 12.1 Å². The molecule has 2 aromatic carbocycles. The summed E-state index contributed by atoms with van der Waals surface area (Å²) < 4.78 is 14.2. The maximum atomic E-state index is 14.2. The van der Waals surface area contributed by atoms with E-state index >= 15 is 0 Å². The number of fused-ring (bicyclic) bond motifs is 1. The maximum absolute atomic E-state index is 14.2. The van der Waals surface area contributed by atoms with Crippen LogP contribution in [0, 0.1) is 5.82 Å². The van der Waals surface area contributed by atoms with Gasteiger partial charge in [-0.15, -0.1) is 0 Å². The lowest BCUT2D eigenvalue weighted by Crippen LogP contribution is -2.41. The van der Waals surface area contributed by atoms with Crippen molar-refractivity contribution in [2.24, 2.45) is 0 Å². The number of hydrogen-bond donors (Lipinski definition) is 1. The van der Waals surface area contributed by atoms with Crippen LogP contribution in [0.25, 0.3) is 0 Å². The average Bonchev–Trinajstić information content (AvgIpc) is 2.58. The normalized spacial score (nSPS) is 13.8. The molecule has 0 aliphatic carbocycles. The summed E-state index contributed by atoms with van der Waals surface area (Å²) in [7, 11) is 0. The van der Waals surface area contributed by atoms with Gasteiger partial charge in [0.2, 0.25) is 11.8 Å². The van der Waals surface area contributed by atoms with Crippen molar-refractivity contribution in [3.05, 3.63) is 59.4 Å². The van der Waals surface area contributed by atoms with E-state index in [4.69, 9.17) is 0 Å². The average molecular weight is 340 g/mol. The number of para-hydroxylation sites is 1.